The summed E-state index contributed by atoms with van der Waals surface area (Å²) in [5, 5.41) is 22.2. The van der Waals surface area contributed by atoms with E-state index in [1.165, 1.54) is 12.4 Å². The number of hydrogen-bond donors (Lipinski definition) is 2. The molecular weight excluding hydrogens is 599 g/mol. The number of hydrogen-bond acceptors (Lipinski definition) is 10. The van der Waals surface area contributed by atoms with Crippen LogP contribution in [0.5, 0.6) is 11.5 Å². The number of nitrogens with zero attached hydrogens (tertiary/aromatic N) is 6. The summed E-state index contributed by atoms with van der Waals surface area (Å²) in [5.41, 5.74) is 2.48. The molecule has 1 atom stereocenters. The van der Waals surface area contributed by atoms with Gasteiger partial charge in [0.05, 0.1) is 28.2 Å². The lowest BCUT2D eigenvalue weighted by Crippen LogP contribution is -2.65. The van der Waals surface area contributed by atoms with E-state index in [1.807, 2.05) is 24.9 Å². The minimum Gasteiger partial charge on any atom is -0.493 e. The highest BCUT2D eigenvalue weighted by atomic mass is 35.5. The monoisotopic (exact) mass is 628 g/mol. The Morgan fingerprint density at radius 3 is 2.55 bits per heavy atom. The van der Waals surface area contributed by atoms with Crippen LogP contribution in [-0.2, 0) is 9.73 Å². The van der Waals surface area contributed by atoms with Gasteiger partial charge in [0.15, 0.2) is 11.5 Å². The second-order valence-electron chi connectivity index (χ2n) is 10.5. The molecule has 1 aliphatic heterocycles. The van der Waals surface area contributed by atoms with Crippen molar-refractivity contribution < 1.29 is 13.7 Å². The number of halogens is 2. The molecular formula is C28H30Cl2N8O3S. The number of nitriles is 1. The van der Waals surface area contributed by atoms with Crippen molar-refractivity contribution in [1.82, 2.24) is 25.5 Å². The van der Waals surface area contributed by atoms with Crippen LogP contribution < -0.4 is 19.7 Å². The molecule has 14 heteroatoms. The number of nitrogens with one attached hydrogen (secondary N) is 2. The van der Waals surface area contributed by atoms with Gasteiger partial charge < -0.3 is 19.7 Å². The molecule has 0 amide bonds. The van der Waals surface area contributed by atoms with Crippen molar-refractivity contribution in [3.63, 3.8) is 0 Å². The lowest BCUT2D eigenvalue weighted by molar-refractivity contribution is 0.216. The van der Waals surface area contributed by atoms with Crippen LogP contribution in [-0.4, -0.2) is 76.2 Å². The fourth-order valence-electron chi connectivity index (χ4n) is 5.29. The largest absolute Gasteiger partial charge is 0.493 e. The molecule has 220 valence electrons. The summed E-state index contributed by atoms with van der Waals surface area (Å²) >= 11 is 12.7. The third-order valence-corrected chi connectivity index (χ3v) is 8.33. The number of methoxy groups -OCH3 is 1. The number of aromatic amines is 1. The van der Waals surface area contributed by atoms with Crippen molar-refractivity contribution in [2.45, 2.75) is 18.6 Å². The molecule has 0 bridgehead atoms. The number of H-pyrrole nitrogens is 1. The summed E-state index contributed by atoms with van der Waals surface area (Å²) in [7, 11) is 1.09. The van der Waals surface area contributed by atoms with Gasteiger partial charge in [-0.1, -0.05) is 23.2 Å². The van der Waals surface area contributed by atoms with Crippen LogP contribution in [0.3, 0.4) is 0 Å². The van der Waals surface area contributed by atoms with Gasteiger partial charge in [0.1, 0.15) is 29.2 Å². The molecule has 1 aromatic carbocycles. The Kier molecular flexibility index (Phi) is 8.22. The lowest BCUT2D eigenvalue weighted by atomic mass is 9.90. The molecule has 0 radical (unpaired) electrons. The topological polar surface area (TPSA) is 141 Å². The van der Waals surface area contributed by atoms with Crippen LogP contribution in [0.15, 0.2) is 41.2 Å². The highest BCUT2D eigenvalue weighted by Gasteiger charge is 2.44. The van der Waals surface area contributed by atoms with E-state index in [0.29, 0.717) is 74.9 Å². The van der Waals surface area contributed by atoms with Crippen LogP contribution >= 0.6 is 23.2 Å². The van der Waals surface area contributed by atoms with E-state index in [1.54, 1.807) is 38.0 Å². The highest BCUT2D eigenvalue weighted by molar-refractivity contribution is 7.92. The summed E-state index contributed by atoms with van der Waals surface area (Å²) in [5.74, 6) is 1.50. The minimum absolute atomic E-state index is 0.395. The Bertz CT molecular complexity index is 1800. The predicted molar refractivity (Wildman–Crippen MR) is 165 cm³/mol. The van der Waals surface area contributed by atoms with E-state index >= 15 is 0 Å². The number of ether oxygens (including phenoxy) is 2. The number of likely N-dealkylation sites (N-methyl/N-ethyl adjacent to an activating group) is 1. The first-order chi connectivity index (χ1) is 20.0. The quantitative estimate of drug-likeness (QED) is 0.266. The van der Waals surface area contributed by atoms with Crippen molar-refractivity contribution in [3.8, 4) is 28.8 Å². The SMILES string of the molecule is CNCC1(N=S(C)(C)=O)CN(c2ncc(-c3n[nH]c4cc(OC)c(O[C@H](C)c5c(Cl)cncc5Cl)cc34)cc2C#N)C1. The molecule has 1 fully saturated rings. The van der Waals surface area contributed by atoms with E-state index < -0.39 is 21.4 Å². The van der Waals surface area contributed by atoms with Crippen molar-refractivity contribution in [2.24, 2.45) is 4.36 Å². The van der Waals surface area contributed by atoms with Crippen molar-refractivity contribution in [2.75, 3.05) is 51.2 Å². The molecule has 5 rings (SSSR count). The maximum atomic E-state index is 12.4. The molecule has 1 saturated heterocycles. The molecule has 0 aliphatic carbocycles. The van der Waals surface area contributed by atoms with Gasteiger partial charge >= 0.3 is 0 Å². The molecule has 0 spiro atoms. The van der Waals surface area contributed by atoms with Gasteiger partial charge in [-0.15, -0.1) is 0 Å². The molecule has 1 aliphatic rings. The fourth-order valence-corrected chi connectivity index (χ4v) is 7.07. The van der Waals surface area contributed by atoms with Gasteiger partial charge in [0.25, 0.3) is 0 Å². The molecule has 42 heavy (non-hydrogen) atoms. The number of fused-ring (bicyclic) bond motifs is 1. The summed E-state index contributed by atoms with van der Waals surface area (Å²) < 4.78 is 28.9. The standard InChI is InChI=1S/C28H30Cl2N8O3S/c1-16(25-20(29)11-33-12-21(25)30)41-24-7-19-22(8-23(24)40-3)35-36-26(19)18-6-17(9-31)27(34-10-18)38-14-28(15-38,13-32-2)37-42(4,5)39/h6-8,10-12,16,32H,13-15H2,1-5H3,(H,35,36)/t16-/m1/s1. The van der Waals surface area contributed by atoms with Crippen LogP contribution in [0.25, 0.3) is 22.2 Å². The Morgan fingerprint density at radius 2 is 1.93 bits per heavy atom. The van der Waals surface area contributed by atoms with E-state index in [2.05, 4.69) is 35.9 Å². The number of aromatic nitrogens is 4. The average molecular weight is 630 g/mol. The summed E-state index contributed by atoms with van der Waals surface area (Å²) in [6, 6.07) is 7.65. The maximum absolute atomic E-state index is 12.4. The third kappa shape index (κ3) is 5.83. The van der Waals surface area contributed by atoms with E-state index in [4.69, 9.17) is 32.7 Å². The van der Waals surface area contributed by atoms with Crippen LogP contribution in [0.1, 0.15) is 24.2 Å². The Hall–Kier alpha value is -3.63. The first-order valence-electron chi connectivity index (χ1n) is 13.0. The summed E-state index contributed by atoms with van der Waals surface area (Å²) in [4.78, 5) is 10.6. The maximum Gasteiger partial charge on any atom is 0.162 e. The zero-order chi connectivity index (χ0) is 30.2. The molecule has 2 N–H and O–H groups in total. The zero-order valence-corrected chi connectivity index (χ0v) is 26.1. The van der Waals surface area contributed by atoms with Crippen molar-refractivity contribution >= 4 is 49.7 Å². The zero-order valence-electron chi connectivity index (χ0n) is 23.7. The minimum atomic E-state index is -2.30. The second-order valence-corrected chi connectivity index (χ2v) is 13.8. The fraction of sp³-hybridized carbons (Fsp3) is 0.357. The van der Waals surface area contributed by atoms with Gasteiger partial charge in [0.2, 0.25) is 0 Å². The molecule has 3 aromatic heterocycles. The molecule has 0 unspecified atom stereocenters. The first kappa shape index (κ1) is 29.8. The third-order valence-electron chi connectivity index (χ3n) is 6.90. The van der Waals surface area contributed by atoms with Gasteiger partial charge in [0, 0.05) is 83.0 Å². The van der Waals surface area contributed by atoms with Crippen LogP contribution in [0.2, 0.25) is 10.0 Å². The van der Waals surface area contributed by atoms with Crippen LogP contribution in [0.4, 0.5) is 5.82 Å². The smallest absolute Gasteiger partial charge is 0.162 e. The highest BCUT2D eigenvalue weighted by Crippen LogP contribution is 2.40. The summed E-state index contributed by atoms with van der Waals surface area (Å²) in [6.45, 7) is 3.42. The number of pyridine rings is 2. The molecule has 4 aromatic rings. The first-order valence-corrected chi connectivity index (χ1v) is 16.1. The van der Waals surface area contributed by atoms with E-state index in [0.717, 1.165) is 5.39 Å². The number of anilines is 1. The van der Waals surface area contributed by atoms with Gasteiger partial charge in [-0.2, -0.15) is 10.4 Å². The predicted octanol–water partition coefficient (Wildman–Crippen LogP) is 4.85. The van der Waals surface area contributed by atoms with Gasteiger partial charge in [-0.3, -0.25) is 14.3 Å². The molecule has 0 saturated carbocycles. The van der Waals surface area contributed by atoms with E-state index in [-0.39, 0.29) is 0 Å². The van der Waals surface area contributed by atoms with Gasteiger partial charge in [-0.25, -0.2) is 9.35 Å². The summed E-state index contributed by atoms with van der Waals surface area (Å²) in [6.07, 6.45) is 7.47. The van der Waals surface area contributed by atoms with Crippen molar-refractivity contribution in [3.05, 3.63) is 58.0 Å². The Labute approximate surface area is 254 Å². The normalized spacial score (nSPS) is 15.1. The second kappa shape index (κ2) is 11.6. The van der Waals surface area contributed by atoms with Crippen LogP contribution in [0, 0.1) is 11.3 Å². The lowest BCUT2D eigenvalue weighted by Gasteiger charge is -2.48. The number of benzene rings is 1. The van der Waals surface area contributed by atoms with Gasteiger partial charge in [-0.05, 0) is 26.1 Å². The van der Waals surface area contributed by atoms with Crippen molar-refractivity contribution in [1.29, 1.82) is 5.26 Å². The molecule has 4 heterocycles. The Balaban J connectivity index is 1.47. The number of rotatable bonds is 9. The molecule has 11 nitrogen and oxygen atoms in total. The Morgan fingerprint density at radius 1 is 1.21 bits per heavy atom. The average Bonchev–Trinajstić information content (AvgIpc) is 3.32. The van der Waals surface area contributed by atoms with E-state index in [9.17, 15) is 9.47 Å².